The fraction of sp³-hybridized carbons (Fsp3) is 0.542. The van der Waals surface area contributed by atoms with Crippen molar-refractivity contribution in [3.05, 3.63) is 42.2 Å². The van der Waals surface area contributed by atoms with Crippen LogP contribution < -0.4 is 10.6 Å². The van der Waals surface area contributed by atoms with Gasteiger partial charge >= 0.3 is 0 Å². The van der Waals surface area contributed by atoms with Crippen molar-refractivity contribution in [2.24, 2.45) is 5.73 Å². The Morgan fingerprint density at radius 1 is 1.06 bits per heavy atom. The number of benzene rings is 1. The first-order chi connectivity index (χ1) is 15.5. The van der Waals surface area contributed by atoms with E-state index in [1.54, 1.807) is 11.9 Å². The van der Waals surface area contributed by atoms with Crippen molar-refractivity contribution in [1.82, 2.24) is 24.7 Å². The number of carbonyl (C=O) groups excluding carboxylic acids is 1. The van der Waals surface area contributed by atoms with Crippen LogP contribution in [0.4, 0.5) is 5.95 Å². The van der Waals surface area contributed by atoms with Crippen LogP contribution >= 0.6 is 0 Å². The summed E-state index contributed by atoms with van der Waals surface area (Å²) in [5.41, 5.74) is 8.54. The molecular weight excluding hydrogens is 402 g/mol. The van der Waals surface area contributed by atoms with E-state index in [9.17, 15) is 4.79 Å². The zero-order chi connectivity index (χ0) is 22.5. The number of amides is 1. The number of anilines is 1. The number of carbonyl (C=O) groups is 1. The first-order valence-electron chi connectivity index (χ1n) is 11.6. The van der Waals surface area contributed by atoms with Crippen LogP contribution in [0, 0.1) is 0 Å². The Morgan fingerprint density at radius 2 is 1.75 bits per heavy atom. The molecule has 2 N–H and O–H groups in total. The molecule has 2 fully saturated rings. The van der Waals surface area contributed by atoms with Crippen molar-refractivity contribution in [3.63, 3.8) is 0 Å². The highest BCUT2D eigenvalue weighted by molar-refractivity contribution is 5.77. The number of likely N-dealkylation sites (tertiary alicyclic amines) is 1. The van der Waals surface area contributed by atoms with Gasteiger partial charge in [-0.1, -0.05) is 18.2 Å². The number of aromatic nitrogens is 2. The Balaban J connectivity index is 1.35. The Labute approximate surface area is 191 Å². The van der Waals surface area contributed by atoms with E-state index < -0.39 is 0 Å². The van der Waals surface area contributed by atoms with E-state index in [1.165, 1.54) is 25.9 Å². The molecule has 32 heavy (non-hydrogen) atoms. The van der Waals surface area contributed by atoms with Gasteiger partial charge in [-0.05, 0) is 50.2 Å². The Kier molecular flexibility index (Phi) is 7.34. The topological polar surface area (TPSA) is 81.8 Å². The highest BCUT2D eigenvalue weighted by atomic mass is 16.2. The maximum atomic E-state index is 11.8. The monoisotopic (exact) mass is 437 g/mol. The van der Waals surface area contributed by atoms with E-state index in [4.69, 9.17) is 5.73 Å². The van der Waals surface area contributed by atoms with Crippen LogP contribution in [0.5, 0.6) is 0 Å². The van der Waals surface area contributed by atoms with E-state index in [2.05, 4.69) is 37.8 Å². The molecule has 8 heteroatoms. The van der Waals surface area contributed by atoms with Gasteiger partial charge in [0.15, 0.2) is 0 Å². The van der Waals surface area contributed by atoms with Gasteiger partial charge in [0, 0.05) is 63.8 Å². The number of piperidine rings is 1. The minimum Gasteiger partial charge on any atom is -0.340 e. The maximum absolute atomic E-state index is 11.8. The van der Waals surface area contributed by atoms with E-state index in [1.807, 2.05) is 30.6 Å². The van der Waals surface area contributed by atoms with Crippen molar-refractivity contribution in [2.75, 3.05) is 64.8 Å². The number of likely N-dealkylation sites (N-methyl/N-ethyl adjacent to an activating group) is 1. The van der Waals surface area contributed by atoms with Crippen LogP contribution in [0.2, 0.25) is 0 Å². The molecule has 3 heterocycles. The second kappa shape index (κ2) is 10.4. The highest BCUT2D eigenvalue weighted by Crippen LogP contribution is 2.23. The molecule has 0 unspecified atom stereocenters. The third-order valence-corrected chi connectivity index (χ3v) is 6.72. The molecule has 2 aliphatic rings. The first kappa shape index (κ1) is 22.6. The lowest BCUT2D eigenvalue weighted by Gasteiger charge is -2.42. The third kappa shape index (κ3) is 5.43. The summed E-state index contributed by atoms with van der Waals surface area (Å²) in [4.78, 5) is 30.1. The summed E-state index contributed by atoms with van der Waals surface area (Å²) in [7, 11) is 3.99. The summed E-state index contributed by atoms with van der Waals surface area (Å²) in [5, 5.41) is 0. The molecule has 172 valence electrons. The summed E-state index contributed by atoms with van der Waals surface area (Å²) in [5.74, 6) is 0.736. The molecule has 0 radical (unpaired) electrons. The average Bonchev–Trinajstić information content (AvgIpc) is 2.84. The van der Waals surface area contributed by atoms with Crippen LogP contribution in [0.15, 0.2) is 36.7 Å². The fourth-order valence-corrected chi connectivity index (χ4v) is 4.65. The van der Waals surface area contributed by atoms with Crippen molar-refractivity contribution < 1.29 is 4.79 Å². The highest BCUT2D eigenvalue weighted by Gasteiger charge is 2.27. The van der Waals surface area contributed by atoms with E-state index in [-0.39, 0.29) is 12.5 Å². The molecule has 1 aromatic heterocycles. The van der Waals surface area contributed by atoms with Gasteiger partial charge in [0.2, 0.25) is 11.9 Å². The van der Waals surface area contributed by atoms with Gasteiger partial charge in [-0.2, -0.15) is 0 Å². The van der Waals surface area contributed by atoms with Crippen LogP contribution in [0.1, 0.15) is 18.4 Å². The minimum absolute atomic E-state index is 0.0255. The molecule has 0 saturated carbocycles. The SMILES string of the molecule is CN1CCC(N2CCN(c3ncc(-c4cccc(CN(C)C(=O)CN)c4)cn3)CC2)CC1. The van der Waals surface area contributed by atoms with E-state index in [0.717, 1.165) is 54.9 Å². The van der Waals surface area contributed by atoms with Gasteiger partial charge < -0.3 is 20.4 Å². The second-order valence-corrected chi connectivity index (χ2v) is 8.98. The molecule has 2 aromatic rings. The zero-order valence-corrected chi connectivity index (χ0v) is 19.3. The van der Waals surface area contributed by atoms with Crippen molar-refractivity contribution in [2.45, 2.75) is 25.4 Å². The molecule has 0 spiro atoms. The number of hydrogen-bond acceptors (Lipinski definition) is 7. The summed E-state index contributed by atoms with van der Waals surface area (Å²) in [6.07, 6.45) is 6.35. The van der Waals surface area contributed by atoms with Crippen LogP contribution in [-0.2, 0) is 11.3 Å². The first-order valence-corrected chi connectivity index (χ1v) is 11.6. The van der Waals surface area contributed by atoms with Crippen molar-refractivity contribution in [3.8, 4) is 11.1 Å². The number of rotatable bonds is 6. The van der Waals surface area contributed by atoms with Crippen molar-refractivity contribution in [1.29, 1.82) is 0 Å². The van der Waals surface area contributed by atoms with Crippen molar-refractivity contribution >= 4 is 11.9 Å². The van der Waals surface area contributed by atoms with Gasteiger partial charge in [-0.3, -0.25) is 9.69 Å². The Morgan fingerprint density at radius 3 is 2.41 bits per heavy atom. The standard InChI is InChI=1S/C24H35N7O/c1-28-8-6-22(7-9-28)30-10-12-31(13-11-30)24-26-16-21(17-27-24)20-5-3-4-19(14-20)18-29(2)23(32)15-25/h3-5,14,16-17,22H,6-13,15,18,25H2,1-2H3. The van der Waals surface area contributed by atoms with Crippen LogP contribution in [-0.4, -0.2) is 96.5 Å². The van der Waals surface area contributed by atoms with Gasteiger partial charge in [-0.15, -0.1) is 0 Å². The predicted octanol–water partition coefficient (Wildman–Crippen LogP) is 1.28. The molecule has 2 aliphatic heterocycles. The van der Waals surface area contributed by atoms with E-state index >= 15 is 0 Å². The summed E-state index contributed by atoms with van der Waals surface area (Å²) < 4.78 is 0. The van der Waals surface area contributed by atoms with Gasteiger partial charge in [0.25, 0.3) is 0 Å². The number of piperazine rings is 1. The lowest BCUT2D eigenvalue weighted by atomic mass is 10.0. The van der Waals surface area contributed by atoms with Gasteiger partial charge in [0.1, 0.15) is 0 Å². The average molecular weight is 438 g/mol. The molecule has 1 aromatic carbocycles. The zero-order valence-electron chi connectivity index (χ0n) is 19.3. The van der Waals surface area contributed by atoms with Gasteiger partial charge in [-0.25, -0.2) is 9.97 Å². The van der Waals surface area contributed by atoms with Gasteiger partial charge in [0.05, 0.1) is 6.54 Å². The fourth-order valence-electron chi connectivity index (χ4n) is 4.65. The summed E-state index contributed by atoms with van der Waals surface area (Å²) >= 11 is 0. The van der Waals surface area contributed by atoms with E-state index in [0.29, 0.717) is 6.54 Å². The quantitative estimate of drug-likeness (QED) is 0.729. The molecule has 1 amide bonds. The second-order valence-electron chi connectivity index (χ2n) is 8.98. The smallest absolute Gasteiger partial charge is 0.236 e. The summed E-state index contributed by atoms with van der Waals surface area (Å²) in [6, 6.07) is 8.87. The predicted molar refractivity (Wildman–Crippen MR) is 127 cm³/mol. The molecule has 2 saturated heterocycles. The molecule has 0 atom stereocenters. The maximum Gasteiger partial charge on any atom is 0.236 e. The van der Waals surface area contributed by atoms with Crippen LogP contribution in [0.25, 0.3) is 11.1 Å². The Bertz CT molecular complexity index is 887. The molecule has 4 rings (SSSR count). The molecule has 0 aliphatic carbocycles. The molecule has 0 bridgehead atoms. The number of nitrogens with two attached hydrogens (primary N) is 1. The third-order valence-electron chi connectivity index (χ3n) is 6.72. The normalized spacial score (nSPS) is 18.7. The minimum atomic E-state index is -0.0704. The largest absolute Gasteiger partial charge is 0.340 e. The summed E-state index contributed by atoms with van der Waals surface area (Å²) in [6.45, 7) is 7.08. The molecule has 8 nitrogen and oxygen atoms in total. The lowest BCUT2D eigenvalue weighted by Crippen LogP contribution is -2.53. The number of nitrogens with zero attached hydrogens (tertiary/aromatic N) is 6. The molecular formula is C24H35N7O. The Hall–Kier alpha value is -2.55. The number of hydrogen-bond donors (Lipinski definition) is 1. The lowest BCUT2D eigenvalue weighted by molar-refractivity contribution is -0.128. The van der Waals surface area contributed by atoms with Crippen LogP contribution in [0.3, 0.4) is 0 Å².